The quantitative estimate of drug-likeness (QED) is 0.599. The van der Waals surface area contributed by atoms with E-state index < -0.39 is 0 Å². The maximum atomic E-state index is 10.6. The van der Waals surface area contributed by atoms with Crippen LogP contribution in [0.3, 0.4) is 0 Å². The minimum absolute atomic E-state index is 0.574. The van der Waals surface area contributed by atoms with E-state index >= 15 is 0 Å². The molecule has 1 heterocycles. The topological polar surface area (TPSA) is 20.3 Å². The number of likely N-dealkylation sites (tertiary alicyclic amines) is 1. The van der Waals surface area contributed by atoms with Gasteiger partial charge in [0.15, 0.2) is 0 Å². The highest BCUT2D eigenvalue weighted by Crippen LogP contribution is 2.32. The number of aldehydes is 1. The number of hydrogen-bond donors (Lipinski definition) is 0. The van der Waals surface area contributed by atoms with E-state index in [1.165, 1.54) is 37.8 Å². The molecular weight excluding hydrogens is 341 g/mol. The van der Waals surface area contributed by atoms with Crippen LogP contribution in [0.4, 0.5) is 0 Å². The van der Waals surface area contributed by atoms with Crippen LogP contribution in [0.1, 0.15) is 51.4 Å². The van der Waals surface area contributed by atoms with Crippen LogP contribution in [0.5, 0.6) is 0 Å². The maximum Gasteiger partial charge on any atom is 0.120 e. The molecule has 0 bridgehead atoms. The fourth-order valence-electron chi connectivity index (χ4n) is 3.58. The van der Waals surface area contributed by atoms with Crippen molar-refractivity contribution in [1.82, 2.24) is 4.90 Å². The van der Waals surface area contributed by atoms with Gasteiger partial charge in [-0.2, -0.15) is 0 Å². The highest BCUT2D eigenvalue weighted by atomic mass is 35.5. The normalized spacial score (nSPS) is 21.8. The summed E-state index contributed by atoms with van der Waals surface area (Å²) in [6.07, 6.45) is 10.8. The predicted octanol–water partition coefficient (Wildman–Crippen LogP) is 6.13. The van der Waals surface area contributed by atoms with Gasteiger partial charge in [-0.05, 0) is 43.7 Å². The first-order valence-electron chi connectivity index (χ1n) is 8.90. The van der Waals surface area contributed by atoms with Crippen molar-refractivity contribution < 1.29 is 4.79 Å². The molecule has 0 N–H and O–H groups in total. The van der Waals surface area contributed by atoms with Crippen molar-refractivity contribution in [2.45, 2.75) is 57.4 Å². The zero-order valence-corrected chi connectivity index (χ0v) is 15.7. The second kappa shape index (κ2) is 10.1. The first-order valence-corrected chi connectivity index (χ1v) is 9.65. The summed E-state index contributed by atoms with van der Waals surface area (Å²) in [6.45, 7) is 5.27. The summed E-state index contributed by atoms with van der Waals surface area (Å²) < 4.78 is 0. The van der Waals surface area contributed by atoms with Crippen LogP contribution in [0.25, 0.3) is 0 Å². The van der Waals surface area contributed by atoms with E-state index in [9.17, 15) is 4.79 Å². The van der Waals surface area contributed by atoms with Gasteiger partial charge >= 0.3 is 0 Å². The number of benzene rings is 1. The fourth-order valence-corrected chi connectivity index (χ4v) is 3.85. The zero-order valence-electron chi connectivity index (χ0n) is 14.2. The predicted molar refractivity (Wildman–Crippen MR) is 103 cm³/mol. The number of piperidine rings is 1. The highest BCUT2D eigenvalue weighted by molar-refractivity contribution is 6.41. The molecule has 1 aliphatic heterocycles. The molecule has 1 aromatic carbocycles. The van der Waals surface area contributed by atoms with E-state index in [2.05, 4.69) is 11.5 Å². The minimum atomic E-state index is 0.574. The molecule has 0 amide bonds. The van der Waals surface area contributed by atoms with Gasteiger partial charge in [0.1, 0.15) is 6.29 Å². The number of nitrogens with zero attached hydrogens (tertiary/aromatic N) is 1. The lowest BCUT2D eigenvalue weighted by Crippen LogP contribution is -2.42. The Morgan fingerprint density at radius 2 is 1.71 bits per heavy atom. The third-order valence-electron chi connectivity index (χ3n) is 4.97. The molecule has 1 saturated heterocycles. The molecule has 2 nitrogen and oxygen atoms in total. The zero-order chi connectivity index (χ0) is 17.4. The molecule has 24 heavy (non-hydrogen) atoms. The van der Waals surface area contributed by atoms with Crippen LogP contribution in [-0.2, 0) is 4.79 Å². The number of halogens is 2. The SMILES string of the molecule is C=C1CC[C@@H](CC=O)CN1C1CCCCC1.Clc1ccccc1Cl. The number of carbonyl (C=O) groups excluding carboxylic acids is 1. The average molecular weight is 368 g/mol. The molecule has 1 aliphatic carbocycles. The summed E-state index contributed by atoms with van der Waals surface area (Å²) in [6, 6.07) is 7.91. The van der Waals surface area contributed by atoms with Crippen LogP contribution in [0.15, 0.2) is 36.5 Å². The largest absolute Gasteiger partial charge is 0.372 e. The van der Waals surface area contributed by atoms with Gasteiger partial charge in [-0.25, -0.2) is 0 Å². The number of rotatable bonds is 3. The lowest BCUT2D eigenvalue weighted by molar-refractivity contribution is -0.109. The summed E-state index contributed by atoms with van der Waals surface area (Å²) in [4.78, 5) is 13.1. The second-order valence-electron chi connectivity index (χ2n) is 6.73. The van der Waals surface area contributed by atoms with E-state index in [4.69, 9.17) is 23.2 Å². The van der Waals surface area contributed by atoms with Gasteiger partial charge in [0.25, 0.3) is 0 Å². The number of carbonyl (C=O) groups is 1. The molecule has 2 aliphatic rings. The van der Waals surface area contributed by atoms with Gasteiger partial charge < -0.3 is 9.69 Å². The third kappa shape index (κ3) is 5.82. The van der Waals surface area contributed by atoms with Crippen LogP contribution < -0.4 is 0 Å². The Labute approximate surface area is 155 Å². The molecule has 4 heteroatoms. The Balaban J connectivity index is 0.000000219. The molecule has 2 fully saturated rings. The van der Waals surface area contributed by atoms with E-state index in [0.29, 0.717) is 16.0 Å². The Hall–Kier alpha value is -0.990. The van der Waals surface area contributed by atoms with Crippen molar-refractivity contribution in [3.63, 3.8) is 0 Å². The van der Waals surface area contributed by atoms with E-state index in [1.807, 2.05) is 12.1 Å². The summed E-state index contributed by atoms with van der Waals surface area (Å²) in [5, 5.41) is 1.21. The van der Waals surface area contributed by atoms with Crippen molar-refractivity contribution in [3.8, 4) is 0 Å². The summed E-state index contributed by atoms with van der Waals surface area (Å²) in [5.41, 5.74) is 1.31. The minimum Gasteiger partial charge on any atom is -0.372 e. The smallest absolute Gasteiger partial charge is 0.120 e. The molecule has 1 aromatic rings. The van der Waals surface area contributed by atoms with Crippen molar-refractivity contribution in [2.24, 2.45) is 5.92 Å². The molecular formula is C20H27Cl2NO. The molecule has 132 valence electrons. The molecule has 1 atom stereocenters. The lowest BCUT2D eigenvalue weighted by atomic mass is 9.88. The molecule has 3 rings (SSSR count). The van der Waals surface area contributed by atoms with Crippen molar-refractivity contribution >= 4 is 29.5 Å². The third-order valence-corrected chi connectivity index (χ3v) is 5.73. The Morgan fingerprint density at radius 3 is 2.25 bits per heavy atom. The van der Waals surface area contributed by atoms with Crippen LogP contribution in [0, 0.1) is 5.92 Å². The first-order chi connectivity index (χ1) is 11.6. The maximum absolute atomic E-state index is 10.6. The Kier molecular flexibility index (Phi) is 8.14. The van der Waals surface area contributed by atoms with Gasteiger partial charge in [0, 0.05) is 24.7 Å². The van der Waals surface area contributed by atoms with E-state index in [0.717, 1.165) is 38.1 Å². The second-order valence-corrected chi connectivity index (χ2v) is 7.55. The van der Waals surface area contributed by atoms with E-state index in [-0.39, 0.29) is 0 Å². The van der Waals surface area contributed by atoms with Crippen LogP contribution in [-0.4, -0.2) is 23.8 Å². The number of allylic oxidation sites excluding steroid dienone is 1. The Morgan fingerprint density at radius 1 is 1.08 bits per heavy atom. The molecule has 0 spiro atoms. The first kappa shape index (κ1) is 19.3. The average Bonchev–Trinajstić information content (AvgIpc) is 2.61. The van der Waals surface area contributed by atoms with Gasteiger partial charge in [0.2, 0.25) is 0 Å². The Bertz CT molecular complexity index is 519. The van der Waals surface area contributed by atoms with Crippen LogP contribution >= 0.6 is 23.2 Å². The monoisotopic (exact) mass is 367 g/mol. The van der Waals surface area contributed by atoms with Gasteiger partial charge in [0.05, 0.1) is 10.0 Å². The van der Waals surface area contributed by atoms with E-state index in [1.54, 1.807) is 12.1 Å². The highest BCUT2D eigenvalue weighted by Gasteiger charge is 2.28. The lowest BCUT2D eigenvalue weighted by Gasteiger charge is -2.42. The van der Waals surface area contributed by atoms with Gasteiger partial charge in [-0.1, -0.05) is 61.2 Å². The summed E-state index contributed by atoms with van der Waals surface area (Å²) >= 11 is 11.2. The summed E-state index contributed by atoms with van der Waals surface area (Å²) in [7, 11) is 0. The van der Waals surface area contributed by atoms with Crippen molar-refractivity contribution in [3.05, 3.63) is 46.6 Å². The van der Waals surface area contributed by atoms with Crippen molar-refractivity contribution in [1.29, 1.82) is 0 Å². The standard InChI is InChI=1S/C14H23NO.C6H4Cl2/c1-12-7-8-13(9-10-16)11-15(12)14-5-3-2-4-6-14;7-5-3-1-2-4-6(5)8/h10,13-14H,1-9,11H2;1-4H/t13-;/m0./s1. The van der Waals surface area contributed by atoms with Crippen molar-refractivity contribution in [2.75, 3.05) is 6.54 Å². The fraction of sp³-hybridized carbons (Fsp3) is 0.550. The molecule has 0 aromatic heterocycles. The molecule has 0 radical (unpaired) electrons. The van der Waals surface area contributed by atoms with Gasteiger partial charge in [-0.15, -0.1) is 0 Å². The van der Waals surface area contributed by atoms with Gasteiger partial charge in [-0.3, -0.25) is 0 Å². The van der Waals surface area contributed by atoms with Crippen LogP contribution in [0.2, 0.25) is 10.0 Å². The molecule has 0 unspecified atom stereocenters. The number of hydrogen-bond acceptors (Lipinski definition) is 2. The summed E-state index contributed by atoms with van der Waals surface area (Å²) in [5.74, 6) is 0.574. The molecule has 1 saturated carbocycles.